The minimum Gasteiger partial charge on any atom is -0.443 e. The summed E-state index contributed by atoms with van der Waals surface area (Å²) < 4.78 is 28.5. The topological polar surface area (TPSA) is 112 Å². The van der Waals surface area contributed by atoms with Gasteiger partial charge in [0.25, 0.3) is 0 Å². The van der Waals surface area contributed by atoms with E-state index in [0.717, 1.165) is 47.3 Å². The summed E-state index contributed by atoms with van der Waals surface area (Å²) in [7, 11) is -0.533. The van der Waals surface area contributed by atoms with Crippen LogP contribution in [0.2, 0.25) is 0 Å². The zero-order valence-corrected chi connectivity index (χ0v) is 43.2. The van der Waals surface area contributed by atoms with Gasteiger partial charge < -0.3 is 28.8 Å². The summed E-state index contributed by atoms with van der Waals surface area (Å²) in [5, 5.41) is 4.47. The first-order valence-corrected chi connectivity index (χ1v) is 23.3. The fraction of sp³-hybridized carbons (Fsp3) is 0.346. The van der Waals surface area contributed by atoms with E-state index in [0.29, 0.717) is 0 Å². The van der Waals surface area contributed by atoms with Gasteiger partial charge in [0.2, 0.25) is 0 Å². The number of halogens is 2. The molecule has 0 amide bonds. The third-order valence-corrected chi connectivity index (χ3v) is 12.4. The van der Waals surface area contributed by atoms with Gasteiger partial charge in [0.1, 0.15) is 11.2 Å². The summed E-state index contributed by atoms with van der Waals surface area (Å²) in [4.78, 5) is 31.2. The van der Waals surface area contributed by atoms with E-state index in [1.165, 1.54) is 37.5 Å². The van der Waals surface area contributed by atoms with Crippen molar-refractivity contribution in [2.75, 3.05) is 0 Å². The molecule has 0 unspecified atom stereocenters. The number of carbonyl (C=O) groups is 2. The molecule has 13 heteroatoms. The summed E-state index contributed by atoms with van der Waals surface area (Å²) in [5.41, 5.74) is 7.72. The Morgan fingerprint density at radius 3 is 1.60 bits per heavy atom. The van der Waals surface area contributed by atoms with Crippen LogP contribution in [-0.2, 0) is 18.8 Å². The Labute approximate surface area is 399 Å². The molecule has 0 bridgehead atoms. The van der Waals surface area contributed by atoms with Crippen LogP contribution in [-0.4, -0.2) is 60.8 Å². The number of rotatable bonds is 1. The Hall–Kier alpha value is -5.08. The quantitative estimate of drug-likeness (QED) is 0.158. The van der Waals surface area contributed by atoms with Crippen molar-refractivity contribution in [3.8, 4) is 0 Å². The van der Waals surface area contributed by atoms with Gasteiger partial charge in [0.05, 0.1) is 22.2 Å². The Balaban J connectivity index is 0.000000154. The van der Waals surface area contributed by atoms with E-state index in [9.17, 15) is 9.59 Å². The van der Waals surface area contributed by atoms with Gasteiger partial charge in [-0.05, 0) is 192 Å². The van der Waals surface area contributed by atoms with Crippen molar-refractivity contribution in [2.45, 2.75) is 119 Å². The van der Waals surface area contributed by atoms with E-state index < -0.39 is 35.6 Å². The van der Waals surface area contributed by atoms with Gasteiger partial charge in [-0.25, -0.2) is 9.59 Å². The molecule has 65 heavy (non-hydrogen) atoms. The number of fused-ring (bicyclic) bond motifs is 4. The van der Waals surface area contributed by atoms with Crippen LogP contribution in [0.15, 0.2) is 113 Å². The number of carbonyl (C=O) groups excluding carboxylic acids is 2. The minimum atomic E-state index is -0.567. The molecule has 8 aromatic rings. The van der Waals surface area contributed by atoms with Gasteiger partial charge in [0.15, 0.2) is 0 Å². The molecule has 0 saturated carbocycles. The average Bonchev–Trinajstić information content (AvgIpc) is 4.00. The SMILES string of the molecule is Cc1ccc2c(B3OC(C)(C)C(C)(C)O3)cn(C(=O)OC(C)(C)C)c2c1.Cc1ccc2c(Br)c[nH]c2c1.Cc1ccc2c(Br)cn(C(=O)OC(C)(C)C)c2c1.Cc1ccc2cc[nH]c2c1. The Morgan fingerprint density at radius 1 is 0.585 bits per heavy atom. The normalized spacial score (nSPS) is 14.4. The maximum atomic E-state index is 12.7. The summed E-state index contributed by atoms with van der Waals surface area (Å²) in [6.45, 7) is 27.4. The number of nitrogens with zero attached hydrogens (tertiary/aromatic N) is 2. The third-order valence-electron chi connectivity index (χ3n) is 11.1. The fourth-order valence-corrected chi connectivity index (χ4v) is 8.11. The number of benzene rings is 4. The molecular weight excluding hydrogens is 947 g/mol. The van der Waals surface area contributed by atoms with Gasteiger partial charge in [-0.1, -0.05) is 48.5 Å². The molecule has 0 spiro atoms. The second-order valence-electron chi connectivity index (χ2n) is 19.6. The molecule has 1 aliphatic rings. The Kier molecular flexibility index (Phi) is 14.5. The highest BCUT2D eigenvalue weighted by Gasteiger charge is 2.52. The highest BCUT2D eigenvalue weighted by molar-refractivity contribution is 9.11. The van der Waals surface area contributed by atoms with E-state index in [1.807, 2.05) is 132 Å². The van der Waals surface area contributed by atoms with Gasteiger partial charge in [-0.2, -0.15) is 0 Å². The summed E-state index contributed by atoms with van der Waals surface area (Å²) in [6, 6.07) is 26.8. The predicted octanol–water partition coefficient (Wildman–Crippen LogP) is 14.2. The minimum absolute atomic E-state index is 0.358. The Bertz CT molecular complexity index is 2980. The van der Waals surface area contributed by atoms with Gasteiger partial charge >= 0.3 is 19.3 Å². The zero-order chi connectivity index (χ0) is 47.8. The lowest BCUT2D eigenvalue weighted by Gasteiger charge is -2.32. The molecule has 1 aliphatic heterocycles. The van der Waals surface area contributed by atoms with Crippen molar-refractivity contribution >= 4 is 100 Å². The maximum Gasteiger partial charge on any atom is 0.497 e. The van der Waals surface area contributed by atoms with Crippen molar-refractivity contribution in [2.24, 2.45) is 0 Å². The molecule has 1 fully saturated rings. The molecule has 9 rings (SSSR count). The average molecular weight is 1010 g/mol. The lowest BCUT2D eigenvalue weighted by atomic mass is 9.79. The van der Waals surface area contributed by atoms with Crippen molar-refractivity contribution < 1.29 is 28.4 Å². The molecule has 4 aromatic heterocycles. The van der Waals surface area contributed by atoms with Gasteiger partial charge in [-0.15, -0.1) is 0 Å². The Morgan fingerprint density at radius 2 is 1.05 bits per heavy atom. The zero-order valence-electron chi connectivity index (χ0n) is 40.0. The summed E-state index contributed by atoms with van der Waals surface area (Å²) in [6.07, 6.45) is 6.69. The smallest absolute Gasteiger partial charge is 0.443 e. The van der Waals surface area contributed by atoms with Crippen LogP contribution in [0.25, 0.3) is 43.6 Å². The number of aryl methyl sites for hydroxylation is 4. The highest BCUT2D eigenvalue weighted by atomic mass is 79.9. The monoisotopic (exact) mass is 1010 g/mol. The molecule has 2 N–H and O–H groups in total. The molecule has 0 atom stereocenters. The molecule has 5 heterocycles. The first-order chi connectivity index (χ1) is 30.2. The van der Waals surface area contributed by atoms with E-state index >= 15 is 0 Å². The second kappa shape index (κ2) is 19.0. The van der Waals surface area contributed by atoms with Crippen molar-refractivity contribution in [1.82, 2.24) is 19.1 Å². The number of nitrogens with one attached hydrogen (secondary N) is 2. The van der Waals surface area contributed by atoms with Crippen LogP contribution >= 0.6 is 31.9 Å². The molecular formula is C52H61BBr2N4O6. The number of ether oxygens (including phenoxy) is 2. The van der Waals surface area contributed by atoms with Crippen LogP contribution in [0.4, 0.5) is 9.59 Å². The van der Waals surface area contributed by atoms with Crippen molar-refractivity contribution in [1.29, 1.82) is 0 Å². The van der Waals surface area contributed by atoms with E-state index in [1.54, 1.807) is 17.0 Å². The molecule has 0 aliphatic carbocycles. The molecule has 10 nitrogen and oxygen atoms in total. The first kappa shape index (κ1) is 49.4. The van der Waals surface area contributed by atoms with Crippen LogP contribution < -0.4 is 5.46 Å². The highest BCUT2D eigenvalue weighted by Crippen LogP contribution is 2.37. The largest absolute Gasteiger partial charge is 0.497 e. The summed E-state index contributed by atoms with van der Waals surface area (Å²) in [5.74, 6) is 0. The second-order valence-corrected chi connectivity index (χ2v) is 21.4. The lowest BCUT2D eigenvalue weighted by molar-refractivity contribution is 0.00578. The van der Waals surface area contributed by atoms with Crippen LogP contribution in [0.5, 0.6) is 0 Å². The number of aromatic amines is 2. The molecule has 0 radical (unpaired) electrons. The van der Waals surface area contributed by atoms with Crippen molar-refractivity contribution in [3.05, 3.63) is 135 Å². The van der Waals surface area contributed by atoms with Crippen LogP contribution in [0.1, 0.15) is 91.5 Å². The standard InChI is InChI=1S/C20H28BNO4.C14H16BrNO2.C9H8BrN.C9H9N/c1-13-9-10-14-15(21-25-19(5,6)20(7,8)26-21)12-22(16(14)11-13)17(23)24-18(2,3)4;1-9-5-6-10-11(15)8-16(12(10)7-9)13(17)18-14(2,3)4;1-6-2-3-7-8(10)5-11-9(7)4-6;1-7-2-3-8-4-5-10-9(8)6-7/h9-12H,1-8H3;5-8H,1-4H3;2-5,11H,1H3;2-6,10H,1H3. The predicted molar refractivity (Wildman–Crippen MR) is 274 cm³/mol. The maximum absolute atomic E-state index is 12.7. The van der Waals surface area contributed by atoms with Crippen molar-refractivity contribution in [3.63, 3.8) is 0 Å². The fourth-order valence-electron chi connectivity index (χ4n) is 7.11. The van der Waals surface area contributed by atoms with Crippen LogP contribution in [0.3, 0.4) is 0 Å². The number of H-pyrrole nitrogens is 2. The van der Waals surface area contributed by atoms with E-state index in [-0.39, 0.29) is 6.09 Å². The number of aromatic nitrogens is 4. The van der Waals surface area contributed by atoms with E-state index in [4.69, 9.17) is 18.8 Å². The third kappa shape index (κ3) is 11.9. The van der Waals surface area contributed by atoms with Crippen LogP contribution in [0, 0.1) is 27.7 Å². The number of hydrogen-bond donors (Lipinski definition) is 2. The summed E-state index contributed by atoms with van der Waals surface area (Å²) >= 11 is 6.92. The van der Waals surface area contributed by atoms with E-state index in [2.05, 4.69) is 98.1 Å². The number of hydrogen-bond acceptors (Lipinski definition) is 6. The van der Waals surface area contributed by atoms with Gasteiger partial charge in [-0.3, -0.25) is 9.13 Å². The lowest BCUT2D eigenvalue weighted by Crippen LogP contribution is -2.41. The molecule has 4 aromatic carbocycles. The first-order valence-electron chi connectivity index (χ1n) is 21.7. The molecule has 342 valence electrons. The molecule has 1 saturated heterocycles. The van der Waals surface area contributed by atoms with Gasteiger partial charge in [0, 0.05) is 61.0 Å².